The van der Waals surface area contributed by atoms with Crippen LogP contribution in [-0.4, -0.2) is 86.6 Å². The molecular weight excluding hydrogens is 462 g/mol. The lowest BCUT2D eigenvalue weighted by atomic mass is 9.78. The van der Waals surface area contributed by atoms with Crippen LogP contribution in [0.3, 0.4) is 0 Å². The topological polar surface area (TPSA) is 147 Å². The normalized spacial score (nSPS) is 23.1. The minimum absolute atomic E-state index is 0.476. The first-order chi connectivity index (χ1) is 14.8. The number of aromatic nitrogens is 6. The number of aryl methyl sites for hydroxylation is 1. The Hall–Kier alpha value is -1.77. The number of piperidine rings is 3. The molecular formula is C17H25N7O4S3. The van der Waals surface area contributed by atoms with Crippen LogP contribution in [-0.2, 0) is 16.6 Å². The van der Waals surface area contributed by atoms with E-state index in [1.165, 1.54) is 54.9 Å². The molecule has 14 heteroatoms. The second-order valence-corrected chi connectivity index (χ2v) is 10.5. The summed E-state index contributed by atoms with van der Waals surface area (Å²) >= 11 is 4.97. The summed E-state index contributed by atoms with van der Waals surface area (Å²) in [7, 11) is 1.88. The zero-order valence-corrected chi connectivity index (χ0v) is 19.7. The fourth-order valence-corrected chi connectivity index (χ4v) is 6.58. The summed E-state index contributed by atoms with van der Waals surface area (Å²) in [5.41, 5.74) is 1.27. The molecule has 3 saturated heterocycles. The zero-order valence-electron chi connectivity index (χ0n) is 17.2. The van der Waals surface area contributed by atoms with E-state index in [2.05, 4.69) is 36.1 Å². The third-order valence-corrected chi connectivity index (χ3v) is 8.19. The van der Waals surface area contributed by atoms with Crippen molar-refractivity contribution in [3.63, 3.8) is 0 Å². The number of carbonyl (C=O) groups is 2. The van der Waals surface area contributed by atoms with Crippen molar-refractivity contribution in [2.45, 2.75) is 47.5 Å². The van der Waals surface area contributed by atoms with Gasteiger partial charge in [-0.05, 0) is 48.7 Å². The summed E-state index contributed by atoms with van der Waals surface area (Å²) in [4.78, 5) is 20.8. The predicted molar refractivity (Wildman–Crippen MR) is 117 cm³/mol. The van der Waals surface area contributed by atoms with Gasteiger partial charge in [-0.25, -0.2) is 14.3 Å². The van der Waals surface area contributed by atoms with Gasteiger partial charge in [0.1, 0.15) is 5.03 Å². The Morgan fingerprint density at radius 1 is 1.23 bits per heavy atom. The van der Waals surface area contributed by atoms with E-state index < -0.39 is 11.9 Å². The number of fused-ring (bicyclic) bond motifs is 3. The lowest BCUT2D eigenvalue weighted by Crippen LogP contribution is -2.46. The Morgan fingerprint density at radius 2 is 1.94 bits per heavy atom. The maximum Gasteiger partial charge on any atom is 0.414 e. The van der Waals surface area contributed by atoms with Gasteiger partial charge in [0, 0.05) is 30.5 Å². The standard InChI is InChI=1S/C15H23N7S3.C2H2O4/c1-10(24-15-16-19-20-21(15)2)5-8-23-14-13(17-25-18-14)12-9-22-6-3-11(12)4-7-22;3-1(4)2(5)6/h10-12H,3-9H2,1-2H3;(H,3,4)(H,5,6). The lowest BCUT2D eigenvalue weighted by molar-refractivity contribution is -0.159. The van der Waals surface area contributed by atoms with E-state index >= 15 is 0 Å². The molecule has 2 unspecified atom stereocenters. The van der Waals surface area contributed by atoms with Gasteiger partial charge in [-0.1, -0.05) is 18.7 Å². The van der Waals surface area contributed by atoms with Crippen molar-refractivity contribution >= 4 is 47.2 Å². The van der Waals surface area contributed by atoms with Crippen LogP contribution < -0.4 is 0 Å². The van der Waals surface area contributed by atoms with E-state index in [4.69, 9.17) is 19.8 Å². The van der Waals surface area contributed by atoms with Gasteiger partial charge < -0.3 is 15.1 Å². The van der Waals surface area contributed by atoms with Gasteiger partial charge in [-0.2, -0.15) is 8.75 Å². The largest absolute Gasteiger partial charge is 0.473 e. The summed E-state index contributed by atoms with van der Waals surface area (Å²) in [5.74, 6) is -1.18. The smallest absolute Gasteiger partial charge is 0.414 e. The molecule has 2 N–H and O–H groups in total. The van der Waals surface area contributed by atoms with Crippen molar-refractivity contribution in [1.82, 2.24) is 33.9 Å². The van der Waals surface area contributed by atoms with Crippen LogP contribution in [0.2, 0.25) is 0 Å². The zero-order chi connectivity index (χ0) is 22.4. The molecule has 0 amide bonds. The highest BCUT2D eigenvalue weighted by Crippen LogP contribution is 2.41. The molecule has 170 valence electrons. The highest BCUT2D eigenvalue weighted by atomic mass is 32.2. The third-order valence-electron chi connectivity index (χ3n) is 5.32. The van der Waals surface area contributed by atoms with Gasteiger partial charge in [0.05, 0.1) is 17.4 Å². The summed E-state index contributed by atoms with van der Waals surface area (Å²) in [5, 5.41) is 28.9. The van der Waals surface area contributed by atoms with Crippen molar-refractivity contribution in [2.24, 2.45) is 13.0 Å². The van der Waals surface area contributed by atoms with Crippen molar-refractivity contribution in [3.05, 3.63) is 5.69 Å². The highest BCUT2D eigenvalue weighted by Gasteiger charge is 2.37. The van der Waals surface area contributed by atoms with Crippen LogP contribution in [0.1, 0.15) is 37.8 Å². The highest BCUT2D eigenvalue weighted by molar-refractivity contribution is 8.00. The molecule has 2 aromatic rings. The molecule has 0 aliphatic carbocycles. The summed E-state index contributed by atoms with van der Waals surface area (Å²) < 4.78 is 11.0. The van der Waals surface area contributed by atoms with Crippen LogP contribution in [0.4, 0.5) is 0 Å². The van der Waals surface area contributed by atoms with Crippen molar-refractivity contribution in [2.75, 3.05) is 25.4 Å². The van der Waals surface area contributed by atoms with Crippen molar-refractivity contribution in [1.29, 1.82) is 0 Å². The molecule has 2 atom stereocenters. The summed E-state index contributed by atoms with van der Waals surface area (Å²) in [6.07, 6.45) is 3.75. The molecule has 0 radical (unpaired) electrons. The Balaban J connectivity index is 0.000000401. The average Bonchev–Trinajstić information content (AvgIpc) is 3.38. The first-order valence-corrected chi connectivity index (χ1v) is 12.5. The van der Waals surface area contributed by atoms with Crippen LogP contribution in [0.5, 0.6) is 0 Å². The maximum atomic E-state index is 9.10. The lowest BCUT2D eigenvalue weighted by Gasteiger charge is -2.44. The van der Waals surface area contributed by atoms with Gasteiger partial charge in [-0.15, -0.1) is 16.9 Å². The predicted octanol–water partition coefficient (Wildman–Crippen LogP) is 1.69. The van der Waals surface area contributed by atoms with Crippen LogP contribution >= 0.6 is 35.3 Å². The number of aliphatic carboxylic acids is 2. The first-order valence-electron chi connectivity index (χ1n) is 9.88. The van der Waals surface area contributed by atoms with Crippen molar-refractivity contribution in [3.8, 4) is 0 Å². The number of thioether (sulfide) groups is 2. The molecule has 3 aliphatic heterocycles. The van der Waals surface area contributed by atoms with E-state index in [1.54, 1.807) is 16.4 Å². The van der Waals surface area contributed by atoms with Gasteiger partial charge in [0.2, 0.25) is 5.16 Å². The molecule has 5 rings (SSSR count). The van der Waals surface area contributed by atoms with E-state index in [9.17, 15) is 0 Å². The monoisotopic (exact) mass is 487 g/mol. The molecule has 11 nitrogen and oxygen atoms in total. The molecule has 0 spiro atoms. The van der Waals surface area contributed by atoms with E-state index in [0.29, 0.717) is 11.2 Å². The molecule has 5 heterocycles. The quantitative estimate of drug-likeness (QED) is 0.432. The minimum Gasteiger partial charge on any atom is -0.473 e. The molecule has 0 aromatic carbocycles. The van der Waals surface area contributed by atoms with Crippen LogP contribution in [0.15, 0.2) is 10.2 Å². The Kier molecular flexibility index (Phi) is 8.63. The molecule has 31 heavy (non-hydrogen) atoms. The molecule has 0 saturated carbocycles. The fraction of sp³-hybridized carbons (Fsp3) is 0.706. The molecule has 2 aromatic heterocycles. The number of hydrogen-bond donors (Lipinski definition) is 2. The van der Waals surface area contributed by atoms with Crippen LogP contribution in [0.25, 0.3) is 0 Å². The third kappa shape index (κ3) is 6.60. The Morgan fingerprint density at radius 3 is 2.48 bits per heavy atom. The van der Waals surface area contributed by atoms with Gasteiger partial charge in [0.15, 0.2) is 0 Å². The van der Waals surface area contributed by atoms with Gasteiger partial charge >= 0.3 is 11.9 Å². The number of carboxylic acid groups (broad SMARTS) is 2. The van der Waals surface area contributed by atoms with Crippen molar-refractivity contribution < 1.29 is 19.8 Å². The maximum absolute atomic E-state index is 9.10. The Labute approximate surface area is 192 Å². The molecule has 3 aliphatic rings. The second-order valence-electron chi connectivity index (χ2n) is 7.46. The number of carboxylic acids is 2. The molecule has 3 fully saturated rings. The fourth-order valence-electron chi connectivity index (χ4n) is 3.67. The Bertz CT molecular complexity index is 873. The minimum atomic E-state index is -1.82. The number of hydrogen-bond acceptors (Lipinski definition) is 11. The first kappa shape index (κ1) is 23.9. The average molecular weight is 488 g/mol. The second kappa shape index (κ2) is 11.2. The number of nitrogens with zero attached hydrogens (tertiary/aromatic N) is 7. The molecule has 2 bridgehead atoms. The SMILES string of the molecule is CC(CCSc1nsnc1C1CN2CCC1CC2)Sc1nnnn1C.O=C(O)C(=O)O. The summed E-state index contributed by atoms with van der Waals surface area (Å²) in [6.45, 7) is 5.95. The summed E-state index contributed by atoms with van der Waals surface area (Å²) in [6, 6.07) is 0. The van der Waals surface area contributed by atoms with E-state index in [0.717, 1.165) is 23.2 Å². The van der Waals surface area contributed by atoms with E-state index in [1.807, 2.05) is 18.8 Å². The van der Waals surface area contributed by atoms with E-state index in [-0.39, 0.29) is 0 Å². The number of tetrazole rings is 1. The number of rotatable bonds is 7. The van der Waals surface area contributed by atoms with Crippen LogP contribution in [0, 0.1) is 5.92 Å². The van der Waals surface area contributed by atoms with Gasteiger partial charge in [0.25, 0.3) is 0 Å². The van der Waals surface area contributed by atoms with Gasteiger partial charge in [-0.3, -0.25) is 0 Å².